The van der Waals surface area contributed by atoms with Gasteiger partial charge in [-0.25, -0.2) is 4.98 Å². The standard InChI is InChI=1S/C9H15N3OS/c1-7-12-8(6-14-7)9(13)11-5-3-4-10-2/h6,10H,3-5H2,1-2H3,(H,11,13). The third-order valence-corrected chi connectivity index (χ3v) is 2.51. The molecular weight excluding hydrogens is 198 g/mol. The van der Waals surface area contributed by atoms with Crippen LogP contribution >= 0.6 is 11.3 Å². The highest BCUT2D eigenvalue weighted by atomic mass is 32.1. The third kappa shape index (κ3) is 3.43. The van der Waals surface area contributed by atoms with Gasteiger partial charge in [-0.3, -0.25) is 4.79 Å². The van der Waals surface area contributed by atoms with Crippen LogP contribution < -0.4 is 10.6 Å². The summed E-state index contributed by atoms with van der Waals surface area (Å²) in [5.74, 6) is -0.0783. The molecule has 0 aliphatic carbocycles. The molecule has 0 radical (unpaired) electrons. The zero-order valence-electron chi connectivity index (χ0n) is 8.46. The molecule has 1 aromatic rings. The maximum Gasteiger partial charge on any atom is 0.270 e. The van der Waals surface area contributed by atoms with E-state index in [1.807, 2.05) is 14.0 Å². The lowest BCUT2D eigenvalue weighted by atomic mass is 10.4. The zero-order chi connectivity index (χ0) is 10.4. The molecule has 0 spiro atoms. The van der Waals surface area contributed by atoms with Gasteiger partial charge in [0.15, 0.2) is 0 Å². The summed E-state index contributed by atoms with van der Waals surface area (Å²) in [5.41, 5.74) is 0.525. The second-order valence-electron chi connectivity index (χ2n) is 2.96. The molecule has 5 heteroatoms. The van der Waals surface area contributed by atoms with E-state index in [-0.39, 0.29) is 5.91 Å². The summed E-state index contributed by atoms with van der Waals surface area (Å²) < 4.78 is 0. The van der Waals surface area contributed by atoms with Crippen molar-refractivity contribution in [1.29, 1.82) is 0 Å². The molecule has 2 N–H and O–H groups in total. The van der Waals surface area contributed by atoms with Gasteiger partial charge in [0, 0.05) is 11.9 Å². The molecule has 0 atom stereocenters. The minimum atomic E-state index is -0.0783. The zero-order valence-corrected chi connectivity index (χ0v) is 9.28. The van der Waals surface area contributed by atoms with Gasteiger partial charge in [-0.15, -0.1) is 11.3 Å². The van der Waals surface area contributed by atoms with Crippen LogP contribution in [0.5, 0.6) is 0 Å². The van der Waals surface area contributed by atoms with Gasteiger partial charge < -0.3 is 10.6 Å². The number of carbonyl (C=O) groups excluding carboxylic acids is 1. The quantitative estimate of drug-likeness (QED) is 0.711. The minimum Gasteiger partial charge on any atom is -0.351 e. The van der Waals surface area contributed by atoms with Gasteiger partial charge in [-0.1, -0.05) is 0 Å². The number of amides is 1. The fourth-order valence-electron chi connectivity index (χ4n) is 1.03. The first-order valence-corrected chi connectivity index (χ1v) is 5.47. The molecule has 1 amide bonds. The molecule has 0 aliphatic rings. The summed E-state index contributed by atoms with van der Waals surface area (Å²) in [4.78, 5) is 15.5. The van der Waals surface area contributed by atoms with E-state index < -0.39 is 0 Å². The molecule has 0 aromatic carbocycles. The molecule has 0 aliphatic heterocycles. The van der Waals surface area contributed by atoms with Crippen LogP contribution in [-0.4, -0.2) is 31.0 Å². The van der Waals surface area contributed by atoms with Gasteiger partial charge in [0.1, 0.15) is 5.69 Å². The van der Waals surface area contributed by atoms with Crippen LogP contribution in [0.2, 0.25) is 0 Å². The van der Waals surface area contributed by atoms with Crippen LogP contribution in [0.1, 0.15) is 21.9 Å². The fraction of sp³-hybridized carbons (Fsp3) is 0.556. The number of nitrogens with one attached hydrogen (secondary N) is 2. The van der Waals surface area contributed by atoms with Crippen molar-refractivity contribution in [2.24, 2.45) is 0 Å². The topological polar surface area (TPSA) is 54.0 Å². The first kappa shape index (κ1) is 11.1. The Morgan fingerprint density at radius 2 is 2.36 bits per heavy atom. The summed E-state index contributed by atoms with van der Waals surface area (Å²) in [6.45, 7) is 3.50. The van der Waals surface area contributed by atoms with Crippen molar-refractivity contribution >= 4 is 17.2 Å². The Hall–Kier alpha value is -0.940. The maximum absolute atomic E-state index is 11.4. The van der Waals surface area contributed by atoms with E-state index in [2.05, 4.69) is 15.6 Å². The second kappa shape index (κ2) is 5.72. The third-order valence-electron chi connectivity index (χ3n) is 1.74. The maximum atomic E-state index is 11.4. The molecule has 4 nitrogen and oxygen atoms in total. The number of thiazole rings is 1. The Morgan fingerprint density at radius 1 is 1.57 bits per heavy atom. The molecule has 0 saturated carbocycles. The molecule has 0 bridgehead atoms. The molecule has 1 heterocycles. The highest BCUT2D eigenvalue weighted by Gasteiger charge is 2.07. The van der Waals surface area contributed by atoms with Crippen LogP contribution in [0, 0.1) is 6.92 Å². The summed E-state index contributed by atoms with van der Waals surface area (Å²) >= 11 is 1.49. The number of rotatable bonds is 5. The summed E-state index contributed by atoms with van der Waals surface area (Å²) in [5, 5.41) is 8.53. The van der Waals surface area contributed by atoms with E-state index in [0.717, 1.165) is 18.0 Å². The highest BCUT2D eigenvalue weighted by molar-refractivity contribution is 7.09. The van der Waals surface area contributed by atoms with Gasteiger partial charge >= 0.3 is 0 Å². The molecule has 0 fully saturated rings. The lowest BCUT2D eigenvalue weighted by Gasteiger charge is -2.01. The first-order valence-electron chi connectivity index (χ1n) is 4.59. The first-order chi connectivity index (χ1) is 6.74. The molecule has 1 rings (SSSR count). The minimum absolute atomic E-state index is 0.0783. The Labute approximate surface area is 87.7 Å². The predicted molar refractivity (Wildman–Crippen MR) is 57.7 cm³/mol. The molecule has 14 heavy (non-hydrogen) atoms. The fourth-order valence-corrected chi connectivity index (χ4v) is 1.62. The molecule has 78 valence electrons. The van der Waals surface area contributed by atoms with Crippen molar-refractivity contribution in [2.45, 2.75) is 13.3 Å². The second-order valence-corrected chi connectivity index (χ2v) is 4.03. The predicted octanol–water partition coefficient (Wildman–Crippen LogP) is 0.791. The number of carbonyl (C=O) groups is 1. The Morgan fingerprint density at radius 3 is 2.93 bits per heavy atom. The van der Waals surface area contributed by atoms with Crippen molar-refractivity contribution in [1.82, 2.24) is 15.6 Å². The van der Waals surface area contributed by atoms with E-state index in [4.69, 9.17) is 0 Å². The van der Waals surface area contributed by atoms with E-state index in [1.54, 1.807) is 5.38 Å². The SMILES string of the molecule is CNCCCNC(=O)c1csc(C)n1. The summed E-state index contributed by atoms with van der Waals surface area (Å²) in [6.07, 6.45) is 0.936. The number of hydrogen-bond donors (Lipinski definition) is 2. The number of nitrogens with zero attached hydrogens (tertiary/aromatic N) is 1. The number of aryl methyl sites for hydroxylation is 1. The van der Waals surface area contributed by atoms with Gasteiger partial charge in [0.05, 0.1) is 5.01 Å². The lowest BCUT2D eigenvalue weighted by Crippen LogP contribution is -2.26. The summed E-state index contributed by atoms with van der Waals surface area (Å²) in [7, 11) is 1.89. The van der Waals surface area contributed by atoms with Gasteiger partial charge in [0.25, 0.3) is 5.91 Å². The monoisotopic (exact) mass is 213 g/mol. The smallest absolute Gasteiger partial charge is 0.270 e. The van der Waals surface area contributed by atoms with Crippen LogP contribution in [0.25, 0.3) is 0 Å². The Balaban J connectivity index is 2.29. The van der Waals surface area contributed by atoms with Crippen molar-refractivity contribution in [2.75, 3.05) is 20.1 Å². The lowest BCUT2D eigenvalue weighted by molar-refractivity contribution is 0.0949. The Kier molecular flexibility index (Phi) is 4.55. The highest BCUT2D eigenvalue weighted by Crippen LogP contribution is 2.07. The van der Waals surface area contributed by atoms with Crippen molar-refractivity contribution in [3.05, 3.63) is 16.1 Å². The van der Waals surface area contributed by atoms with E-state index >= 15 is 0 Å². The molecular formula is C9H15N3OS. The van der Waals surface area contributed by atoms with Crippen LogP contribution in [-0.2, 0) is 0 Å². The average Bonchev–Trinajstić information content (AvgIpc) is 2.59. The van der Waals surface area contributed by atoms with Gasteiger partial charge in [0.2, 0.25) is 0 Å². The van der Waals surface area contributed by atoms with Crippen molar-refractivity contribution < 1.29 is 4.79 Å². The van der Waals surface area contributed by atoms with Crippen molar-refractivity contribution in [3.8, 4) is 0 Å². The van der Waals surface area contributed by atoms with E-state index in [1.165, 1.54) is 11.3 Å². The molecule has 0 saturated heterocycles. The average molecular weight is 213 g/mol. The van der Waals surface area contributed by atoms with E-state index in [9.17, 15) is 4.79 Å². The largest absolute Gasteiger partial charge is 0.351 e. The van der Waals surface area contributed by atoms with Crippen LogP contribution in [0.15, 0.2) is 5.38 Å². The van der Waals surface area contributed by atoms with Crippen LogP contribution in [0.4, 0.5) is 0 Å². The van der Waals surface area contributed by atoms with Crippen molar-refractivity contribution in [3.63, 3.8) is 0 Å². The number of aromatic nitrogens is 1. The Bertz CT molecular complexity index is 298. The molecule has 1 aromatic heterocycles. The van der Waals surface area contributed by atoms with Gasteiger partial charge in [-0.05, 0) is 26.9 Å². The summed E-state index contributed by atoms with van der Waals surface area (Å²) in [6, 6.07) is 0. The number of hydrogen-bond acceptors (Lipinski definition) is 4. The van der Waals surface area contributed by atoms with E-state index in [0.29, 0.717) is 12.2 Å². The normalized spacial score (nSPS) is 10.1. The van der Waals surface area contributed by atoms with Crippen LogP contribution in [0.3, 0.4) is 0 Å². The molecule has 0 unspecified atom stereocenters. The van der Waals surface area contributed by atoms with Gasteiger partial charge in [-0.2, -0.15) is 0 Å².